The van der Waals surface area contributed by atoms with Gasteiger partial charge in [-0.25, -0.2) is 0 Å². The molecule has 3 atom stereocenters. The molecule has 0 amide bonds. The van der Waals surface area contributed by atoms with Gasteiger partial charge in [0.05, 0.1) is 12.5 Å². The van der Waals surface area contributed by atoms with Crippen LogP contribution in [0.25, 0.3) is 0 Å². The maximum atomic E-state index is 11.6. The summed E-state index contributed by atoms with van der Waals surface area (Å²) >= 11 is 0. The lowest BCUT2D eigenvalue weighted by Gasteiger charge is -2.26. The van der Waals surface area contributed by atoms with Gasteiger partial charge in [0, 0.05) is 12.8 Å². The smallest absolute Gasteiger partial charge is 0.308 e. The minimum atomic E-state index is -1.05. The minimum Gasteiger partial charge on any atom is -0.481 e. The lowest BCUT2D eigenvalue weighted by molar-refractivity contribution is -0.152. The zero-order valence-electron chi connectivity index (χ0n) is 10.9. The number of carboxylic acids is 2. The molecule has 2 N–H and O–H groups in total. The van der Waals surface area contributed by atoms with E-state index in [9.17, 15) is 14.4 Å². The van der Waals surface area contributed by atoms with E-state index < -0.39 is 35.7 Å². The van der Waals surface area contributed by atoms with E-state index >= 15 is 0 Å². The fourth-order valence-electron chi connectivity index (χ4n) is 1.95. The normalized spacial score (nSPS) is 15.5. The van der Waals surface area contributed by atoms with Gasteiger partial charge >= 0.3 is 17.9 Å². The highest BCUT2D eigenvalue weighted by Crippen LogP contribution is 2.28. The molecule has 0 aliphatic carbocycles. The highest BCUT2D eigenvalue weighted by Gasteiger charge is 2.32. The zero-order valence-corrected chi connectivity index (χ0v) is 10.9. The standard InChI is InChI=1S/C12H20O6/c1-4-18-12(17)8(3)9(6-11(15)16)7(2)5-10(13)14/h7-9H,4-6H2,1-3H3,(H,13,14)(H,15,16). The Hall–Kier alpha value is -1.59. The molecule has 0 bridgehead atoms. The fourth-order valence-corrected chi connectivity index (χ4v) is 1.95. The van der Waals surface area contributed by atoms with E-state index in [4.69, 9.17) is 14.9 Å². The predicted molar refractivity (Wildman–Crippen MR) is 63.0 cm³/mol. The van der Waals surface area contributed by atoms with Gasteiger partial charge in [0.15, 0.2) is 0 Å². The summed E-state index contributed by atoms with van der Waals surface area (Å²) in [6.45, 7) is 5.09. The van der Waals surface area contributed by atoms with Crippen LogP contribution in [0.15, 0.2) is 0 Å². The number of carbonyl (C=O) groups is 3. The maximum absolute atomic E-state index is 11.6. The highest BCUT2D eigenvalue weighted by atomic mass is 16.5. The summed E-state index contributed by atoms with van der Waals surface area (Å²) in [6.07, 6.45) is -0.407. The number of carbonyl (C=O) groups excluding carboxylic acids is 1. The maximum Gasteiger partial charge on any atom is 0.308 e. The number of ether oxygens (including phenoxy) is 1. The average Bonchev–Trinajstić information content (AvgIpc) is 2.23. The fraction of sp³-hybridized carbons (Fsp3) is 0.750. The molecule has 18 heavy (non-hydrogen) atoms. The molecule has 0 saturated heterocycles. The SMILES string of the molecule is CCOC(=O)C(C)C(CC(=O)O)C(C)CC(=O)O. The van der Waals surface area contributed by atoms with Crippen molar-refractivity contribution >= 4 is 17.9 Å². The Labute approximate surface area is 106 Å². The molecule has 0 saturated carbocycles. The van der Waals surface area contributed by atoms with Gasteiger partial charge in [0.2, 0.25) is 0 Å². The lowest BCUT2D eigenvalue weighted by Crippen LogP contribution is -2.31. The van der Waals surface area contributed by atoms with Crippen LogP contribution in [0.2, 0.25) is 0 Å². The van der Waals surface area contributed by atoms with Gasteiger partial charge < -0.3 is 14.9 Å². The van der Waals surface area contributed by atoms with Crippen LogP contribution in [0.3, 0.4) is 0 Å². The summed E-state index contributed by atoms with van der Waals surface area (Å²) in [5, 5.41) is 17.6. The van der Waals surface area contributed by atoms with Crippen molar-refractivity contribution in [3.05, 3.63) is 0 Å². The van der Waals surface area contributed by atoms with Crippen molar-refractivity contribution < 1.29 is 29.3 Å². The first-order valence-corrected chi connectivity index (χ1v) is 5.89. The van der Waals surface area contributed by atoms with Crippen molar-refractivity contribution in [2.24, 2.45) is 17.8 Å². The number of hydrogen-bond donors (Lipinski definition) is 2. The first-order valence-electron chi connectivity index (χ1n) is 5.89. The Morgan fingerprint density at radius 2 is 1.56 bits per heavy atom. The van der Waals surface area contributed by atoms with Crippen LogP contribution in [0.4, 0.5) is 0 Å². The van der Waals surface area contributed by atoms with Crippen LogP contribution in [0.5, 0.6) is 0 Å². The minimum absolute atomic E-state index is 0.165. The van der Waals surface area contributed by atoms with E-state index in [1.54, 1.807) is 20.8 Å². The van der Waals surface area contributed by atoms with E-state index in [2.05, 4.69) is 0 Å². The third-order valence-electron chi connectivity index (χ3n) is 2.94. The van der Waals surface area contributed by atoms with E-state index in [0.29, 0.717) is 0 Å². The molecule has 0 aliphatic heterocycles. The second-order valence-electron chi connectivity index (χ2n) is 4.38. The predicted octanol–water partition coefficient (Wildman–Crippen LogP) is 1.39. The largest absolute Gasteiger partial charge is 0.481 e. The Bertz CT molecular complexity index is 312. The molecular weight excluding hydrogens is 240 g/mol. The molecule has 6 nitrogen and oxygen atoms in total. The Morgan fingerprint density at radius 3 is 1.94 bits per heavy atom. The van der Waals surface area contributed by atoms with Crippen molar-refractivity contribution in [3.63, 3.8) is 0 Å². The van der Waals surface area contributed by atoms with E-state index in [1.807, 2.05) is 0 Å². The summed E-state index contributed by atoms with van der Waals surface area (Å²) in [4.78, 5) is 33.0. The Kier molecular flexibility index (Phi) is 7.00. The molecular formula is C12H20O6. The molecule has 0 spiro atoms. The van der Waals surface area contributed by atoms with E-state index in [0.717, 1.165) is 0 Å². The Balaban J connectivity index is 4.80. The molecule has 0 aromatic rings. The van der Waals surface area contributed by atoms with Crippen LogP contribution in [-0.2, 0) is 19.1 Å². The summed E-state index contributed by atoms with van der Waals surface area (Å²) in [5.74, 6) is -4.12. The van der Waals surface area contributed by atoms with Gasteiger partial charge in [-0.3, -0.25) is 14.4 Å². The molecule has 3 unspecified atom stereocenters. The van der Waals surface area contributed by atoms with Crippen LogP contribution in [0, 0.1) is 17.8 Å². The first kappa shape index (κ1) is 16.4. The second-order valence-corrected chi connectivity index (χ2v) is 4.38. The van der Waals surface area contributed by atoms with Gasteiger partial charge in [0.25, 0.3) is 0 Å². The molecule has 0 rings (SSSR count). The van der Waals surface area contributed by atoms with Crippen LogP contribution >= 0.6 is 0 Å². The van der Waals surface area contributed by atoms with Gasteiger partial charge in [-0.15, -0.1) is 0 Å². The molecule has 6 heteroatoms. The molecule has 0 aromatic carbocycles. The highest BCUT2D eigenvalue weighted by molar-refractivity contribution is 5.74. The van der Waals surface area contributed by atoms with Crippen molar-refractivity contribution in [3.8, 4) is 0 Å². The quantitative estimate of drug-likeness (QED) is 0.639. The molecule has 0 aromatic heterocycles. The van der Waals surface area contributed by atoms with Gasteiger partial charge in [-0.1, -0.05) is 13.8 Å². The van der Waals surface area contributed by atoms with Crippen LogP contribution in [0.1, 0.15) is 33.6 Å². The zero-order chi connectivity index (χ0) is 14.3. The molecule has 104 valence electrons. The molecule has 0 aliphatic rings. The van der Waals surface area contributed by atoms with Crippen molar-refractivity contribution in [2.75, 3.05) is 6.61 Å². The summed E-state index contributed by atoms with van der Waals surface area (Å²) in [6, 6.07) is 0. The third-order valence-corrected chi connectivity index (χ3v) is 2.94. The number of hydrogen-bond acceptors (Lipinski definition) is 4. The average molecular weight is 260 g/mol. The van der Waals surface area contributed by atoms with E-state index in [1.165, 1.54) is 0 Å². The third kappa shape index (κ3) is 5.65. The molecule has 0 fully saturated rings. The number of aliphatic carboxylic acids is 2. The lowest BCUT2D eigenvalue weighted by atomic mass is 9.79. The molecule has 0 radical (unpaired) electrons. The van der Waals surface area contributed by atoms with Gasteiger partial charge in [-0.05, 0) is 18.8 Å². The van der Waals surface area contributed by atoms with E-state index in [-0.39, 0.29) is 19.4 Å². The van der Waals surface area contributed by atoms with Crippen molar-refractivity contribution in [2.45, 2.75) is 33.6 Å². The van der Waals surface area contributed by atoms with Crippen LogP contribution < -0.4 is 0 Å². The summed E-state index contributed by atoms with van der Waals surface area (Å²) < 4.78 is 4.84. The topological polar surface area (TPSA) is 101 Å². The first-order chi connectivity index (χ1) is 8.29. The van der Waals surface area contributed by atoms with Gasteiger partial charge in [0.1, 0.15) is 0 Å². The van der Waals surface area contributed by atoms with Crippen molar-refractivity contribution in [1.82, 2.24) is 0 Å². The number of esters is 1. The number of rotatable bonds is 8. The van der Waals surface area contributed by atoms with Crippen LogP contribution in [-0.4, -0.2) is 34.7 Å². The Morgan fingerprint density at radius 1 is 1.06 bits per heavy atom. The van der Waals surface area contributed by atoms with Gasteiger partial charge in [-0.2, -0.15) is 0 Å². The molecule has 0 heterocycles. The van der Waals surface area contributed by atoms with Crippen molar-refractivity contribution in [1.29, 1.82) is 0 Å². The number of carboxylic acid groups (broad SMARTS) is 2. The second kappa shape index (κ2) is 7.68. The summed E-state index contributed by atoms with van der Waals surface area (Å²) in [5.41, 5.74) is 0. The summed E-state index contributed by atoms with van der Waals surface area (Å²) in [7, 11) is 0. The monoisotopic (exact) mass is 260 g/mol.